The summed E-state index contributed by atoms with van der Waals surface area (Å²) in [5.41, 5.74) is 0. The zero-order valence-electron chi connectivity index (χ0n) is 11.8. The summed E-state index contributed by atoms with van der Waals surface area (Å²) >= 11 is 0. The van der Waals surface area contributed by atoms with Crippen molar-refractivity contribution in [2.45, 2.75) is 13.3 Å². The molecule has 0 atom stereocenters. The van der Waals surface area contributed by atoms with Crippen molar-refractivity contribution in [3.05, 3.63) is 24.4 Å². The highest BCUT2D eigenvalue weighted by atomic mass is 16.7. The number of aromatic nitrogens is 1. The van der Waals surface area contributed by atoms with E-state index in [0.717, 1.165) is 22.9 Å². The van der Waals surface area contributed by atoms with Crippen LogP contribution in [0.3, 0.4) is 0 Å². The molecule has 0 saturated carbocycles. The lowest BCUT2D eigenvalue weighted by Gasteiger charge is -2.09. The highest BCUT2D eigenvalue weighted by Crippen LogP contribution is 2.37. The highest BCUT2D eigenvalue weighted by Gasteiger charge is 2.16. The molecule has 6 nitrogen and oxygen atoms in total. The third kappa shape index (κ3) is 2.84. The van der Waals surface area contributed by atoms with Gasteiger partial charge in [0.2, 0.25) is 12.7 Å². The van der Waals surface area contributed by atoms with E-state index in [4.69, 9.17) is 9.47 Å². The maximum absolute atomic E-state index is 11.7. The van der Waals surface area contributed by atoms with Gasteiger partial charge in [-0.3, -0.25) is 4.79 Å². The number of rotatable bonds is 5. The Morgan fingerprint density at radius 3 is 2.95 bits per heavy atom. The second-order valence-electron chi connectivity index (χ2n) is 4.79. The molecule has 1 amide bonds. The number of carbonyl (C=O) groups is 1. The van der Waals surface area contributed by atoms with E-state index in [9.17, 15) is 4.79 Å². The van der Waals surface area contributed by atoms with Gasteiger partial charge in [-0.05, 0) is 30.0 Å². The predicted octanol–water partition coefficient (Wildman–Crippen LogP) is 1.90. The summed E-state index contributed by atoms with van der Waals surface area (Å²) in [5.74, 6) is 2.06. The molecule has 21 heavy (non-hydrogen) atoms. The molecule has 0 fully saturated rings. The van der Waals surface area contributed by atoms with Crippen molar-refractivity contribution in [3.63, 3.8) is 0 Å². The Kier molecular flexibility index (Phi) is 3.77. The van der Waals surface area contributed by atoms with Gasteiger partial charge in [-0.25, -0.2) is 4.98 Å². The maximum atomic E-state index is 11.7. The van der Waals surface area contributed by atoms with Gasteiger partial charge in [0.1, 0.15) is 5.82 Å². The van der Waals surface area contributed by atoms with Gasteiger partial charge in [-0.15, -0.1) is 0 Å². The lowest BCUT2D eigenvalue weighted by Crippen LogP contribution is -2.30. The number of carbonyl (C=O) groups excluding carboxylic acids is 1. The van der Waals surface area contributed by atoms with Crippen molar-refractivity contribution in [2.75, 3.05) is 25.2 Å². The average Bonchev–Trinajstić information content (AvgIpc) is 2.95. The van der Waals surface area contributed by atoms with Gasteiger partial charge in [0.05, 0.1) is 6.54 Å². The molecule has 2 N–H and O–H groups in total. The molecule has 0 bridgehead atoms. The number of benzene rings is 1. The van der Waals surface area contributed by atoms with Crippen LogP contribution in [0.5, 0.6) is 11.5 Å². The molecule has 2 heterocycles. The van der Waals surface area contributed by atoms with Crippen molar-refractivity contribution >= 4 is 22.5 Å². The van der Waals surface area contributed by atoms with Crippen molar-refractivity contribution in [1.82, 2.24) is 10.3 Å². The lowest BCUT2D eigenvalue weighted by atomic mass is 10.1. The quantitative estimate of drug-likeness (QED) is 0.878. The van der Waals surface area contributed by atoms with Crippen LogP contribution in [0, 0.1) is 0 Å². The van der Waals surface area contributed by atoms with Crippen molar-refractivity contribution < 1.29 is 14.3 Å². The van der Waals surface area contributed by atoms with Crippen LogP contribution >= 0.6 is 0 Å². The zero-order valence-corrected chi connectivity index (χ0v) is 11.8. The minimum atomic E-state index is -0.0450. The third-order valence-corrected chi connectivity index (χ3v) is 3.25. The zero-order chi connectivity index (χ0) is 14.7. The van der Waals surface area contributed by atoms with Crippen molar-refractivity contribution in [1.29, 1.82) is 0 Å². The summed E-state index contributed by atoms with van der Waals surface area (Å²) in [4.78, 5) is 15.9. The fourth-order valence-corrected chi connectivity index (χ4v) is 2.19. The van der Waals surface area contributed by atoms with E-state index < -0.39 is 0 Å². The van der Waals surface area contributed by atoms with Crippen molar-refractivity contribution in [3.8, 4) is 11.5 Å². The van der Waals surface area contributed by atoms with Crippen LogP contribution in [0.25, 0.3) is 10.8 Å². The number of amides is 1. The van der Waals surface area contributed by atoms with Crippen LogP contribution in [-0.4, -0.2) is 30.8 Å². The van der Waals surface area contributed by atoms with Crippen LogP contribution in [0.15, 0.2) is 24.4 Å². The van der Waals surface area contributed by atoms with E-state index in [1.165, 1.54) is 0 Å². The Morgan fingerprint density at radius 2 is 2.14 bits per heavy atom. The largest absolute Gasteiger partial charge is 0.454 e. The number of nitrogens with one attached hydrogen (secondary N) is 2. The minimum absolute atomic E-state index is 0.0450. The summed E-state index contributed by atoms with van der Waals surface area (Å²) in [6.07, 6.45) is 2.62. The van der Waals surface area contributed by atoms with E-state index >= 15 is 0 Å². The van der Waals surface area contributed by atoms with Crippen LogP contribution in [0.1, 0.15) is 13.3 Å². The summed E-state index contributed by atoms with van der Waals surface area (Å²) < 4.78 is 10.7. The topological polar surface area (TPSA) is 72.5 Å². The standard InChI is InChI=1S/C15H17N3O3/c1-2-4-16-14(19)8-18-15-11-7-13-12(20-9-21-13)6-10(11)3-5-17-15/h3,5-7H,2,4,8-9H2,1H3,(H,16,19)(H,17,18). The van der Waals surface area contributed by atoms with E-state index in [1.54, 1.807) is 6.20 Å². The summed E-state index contributed by atoms with van der Waals surface area (Å²) in [6.45, 7) is 3.13. The monoisotopic (exact) mass is 287 g/mol. The summed E-state index contributed by atoms with van der Waals surface area (Å²) in [5, 5.41) is 7.79. The molecule has 0 spiro atoms. The van der Waals surface area contributed by atoms with Gasteiger partial charge in [0.15, 0.2) is 11.5 Å². The number of hydrogen-bond donors (Lipinski definition) is 2. The molecule has 2 aromatic rings. The number of nitrogens with zero attached hydrogens (tertiary/aromatic N) is 1. The van der Waals surface area contributed by atoms with E-state index in [2.05, 4.69) is 15.6 Å². The molecular weight excluding hydrogens is 270 g/mol. The fourth-order valence-electron chi connectivity index (χ4n) is 2.19. The number of hydrogen-bond acceptors (Lipinski definition) is 5. The fraction of sp³-hybridized carbons (Fsp3) is 0.333. The smallest absolute Gasteiger partial charge is 0.239 e. The number of anilines is 1. The number of fused-ring (bicyclic) bond motifs is 2. The Bertz CT molecular complexity index is 673. The first kappa shape index (κ1) is 13.5. The Balaban J connectivity index is 1.80. The van der Waals surface area contributed by atoms with Gasteiger partial charge in [0, 0.05) is 18.1 Å². The molecule has 6 heteroatoms. The van der Waals surface area contributed by atoms with Crippen LogP contribution < -0.4 is 20.1 Å². The van der Waals surface area contributed by atoms with Gasteiger partial charge in [-0.1, -0.05) is 6.92 Å². The van der Waals surface area contributed by atoms with E-state index in [1.807, 2.05) is 25.1 Å². The normalized spacial score (nSPS) is 12.4. The van der Waals surface area contributed by atoms with E-state index in [-0.39, 0.29) is 19.2 Å². The van der Waals surface area contributed by atoms with Gasteiger partial charge < -0.3 is 20.1 Å². The molecule has 1 aromatic carbocycles. The number of ether oxygens (including phenoxy) is 2. The van der Waals surface area contributed by atoms with Crippen molar-refractivity contribution in [2.24, 2.45) is 0 Å². The first-order valence-electron chi connectivity index (χ1n) is 6.97. The van der Waals surface area contributed by atoms with E-state index in [0.29, 0.717) is 18.1 Å². The molecule has 0 saturated heterocycles. The Labute approximate surface area is 122 Å². The SMILES string of the molecule is CCCNC(=O)CNc1nccc2cc3c(cc12)OCO3. The first-order valence-corrected chi connectivity index (χ1v) is 6.97. The molecule has 0 unspecified atom stereocenters. The van der Waals surface area contributed by atoms with Crippen LogP contribution in [0.4, 0.5) is 5.82 Å². The maximum Gasteiger partial charge on any atom is 0.239 e. The van der Waals surface area contributed by atoms with Crippen LogP contribution in [-0.2, 0) is 4.79 Å². The van der Waals surface area contributed by atoms with Gasteiger partial charge in [-0.2, -0.15) is 0 Å². The molecule has 1 aliphatic heterocycles. The summed E-state index contributed by atoms with van der Waals surface area (Å²) in [7, 11) is 0. The molecule has 1 aliphatic rings. The Hall–Kier alpha value is -2.50. The molecule has 0 radical (unpaired) electrons. The average molecular weight is 287 g/mol. The lowest BCUT2D eigenvalue weighted by molar-refractivity contribution is -0.119. The molecular formula is C15H17N3O3. The number of pyridine rings is 1. The predicted molar refractivity (Wildman–Crippen MR) is 79.7 cm³/mol. The third-order valence-electron chi connectivity index (χ3n) is 3.25. The minimum Gasteiger partial charge on any atom is -0.454 e. The van der Waals surface area contributed by atoms with Crippen LogP contribution in [0.2, 0.25) is 0 Å². The molecule has 0 aliphatic carbocycles. The Morgan fingerprint density at radius 1 is 1.33 bits per heavy atom. The van der Waals surface area contributed by atoms with Gasteiger partial charge in [0.25, 0.3) is 0 Å². The first-order chi connectivity index (χ1) is 10.3. The highest BCUT2D eigenvalue weighted by molar-refractivity contribution is 5.95. The van der Waals surface area contributed by atoms with Gasteiger partial charge >= 0.3 is 0 Å². The second kappa shape index (κ2) is 5.87. The molecule has 110 valence electrons. The molecule has 1 aromatic heterocycles. The summed E-state index contributed by atoms with van der Waals surface area (Å²) in [6, 6.07) is 5.71. The molecule has 3 rings (SSSR count). The second-order valence-corrected chi connectivity index (χ2v) is 4.79.